The molecular formula is C75H134O17P2. The molecule has 94 heavy (non-hydrogen) atoms. The summed E-state index contributed by atoms with van der Waals surface area (Å²) < 4.78 is 68.3. The van der Waals surface area contributed by atoms with E-state index in [-0.39, 0.29) is 25.7 Å². The lowest BCUT2D eigenvalue weighted by Crippen LogP contribution is -2.30. The second-order valence-electron chi connectivity index (χ2n) is 24.9. The van der Waals surface area contributed by atoms with E-state index >= 15 is 0 Å². The second-order valence-corrected chi connectivity index (χ2v) is 27.8. The van der Waals surface area contributed by atoms with Crippen molar-refractivity contribution in [3.8, 4) is 0 Å². The fourth-order valence-corrected chi connectivity index (χ4v) is 11.6. The van der Waals surface area contributed by atoms with Crippen LogP contribution in [0.4, 0.5) is 0 Å². The topological polar surface area (TPSA) is 237 Å². The molecule has 0 fully saturated rings. The van der Waals surface area contributed by atoms with Crippen LogP contribution in [0.1, 0.15) is 323 Å². The van der Waals surface area contributed by atoms with E-state index in [4.69, 9.17) is 37.0 Å². The number of aliphatic hydroxyl groups is 1. The molecule has 3 N–H and O–H groups in total. The number of esters is 4. The highest BCUT2D eigenvalue weighted by Gasteiger charge is 2.30. The first-order valence-corrected chi connectivity index (χ1v) is 40.2. The van der Waals surface area contributed by atoms with Crippen molar-refractivity contribution in [2.45, 2.75) is 341 Å². The van der Waals surface area contributed by atoms with Crippen LogP contribution in [0.5, 0.6) is 0 Å². The van der Waals surface area contributed by atoms with E-state index in [1.165, 1.54) is 109 Å². The summed E-state index contributed by atoms with van der Waals surface area (Å²) in [6.07, 6.45) is 66.2. The first-order chi connectivity index (χ1) is 45.7. The normalized spacial score (nSPS) is 14.4. The number of carbonyl (C=O) groups excluding carboxylic acids is 4. The lowest BCUT2D eigenvalue weighted by molar-refractivity contribution is -0.161. The molecule has 0 aliphatic rings. The van der Waals surface area contributed by atoms with Gasteiger partial charge in [0.05, 0.1) is 26.4 Å². The lowest BCUT2D eigenvalue weighted by Gasteiger charge is -2.21. The molecule has 0 aromatic carbocycles. The molecule has 0 aliphatic heterocycles. The van der Waals surface area contributed by atoms with Crippen LogP contribution in [0.25, 0.3) is 0 Å². The number of rotatable bonds is 70. The van der Waals surface area contributed by atoms with Crippen molar-refractivity contribution in [2.24, 2.45) is 0 Å². The Balaban J connectivity index is 5.33. The summed E-state index contributed by atoms with van der Waals surface area (Å²) in [5, 5.41) is 10.6. The number of hydrogen-bond acceptors (Lipinski definition) is 15. The molecule has 0 radical (unpaired) electrons. The molecule has 0 aliphatic carbocycles. The molecule has 0 rings (SSSR count). The Morgan fingerprint density at radius 2 is 0.574 bits per heavy atom. The summed E-state index contributed by atoms with van der Waals surface area (Å²) in [5.74, 6) is -2.21. The number of aliphatic hydroxyl groups excluding tert-OH is 1. The van der Waals surface area contributed by atoms with E-state index in [0.717, 1.165) is 135 Å². The van der Waals surface area contributed by atoms with E-state index in [9.17, 15) is 43.2 Å². The fraction of sp³-hybridized carbons (Fsp3) is 0.787. The van der Waals surface area contributed by atoms with Gasteiger partial charge in [-0.3, -0.25) is 37.3 Å². The fourth-order valence-electron chi connectivity index (χ4n) is 10.0. The minimum atomic E-state index is -4.97. The quantitative estimate of drug-likeness (QED) is 0.0169. The standard InChI is InChI=1S/C75H134O17P2/c1-5-9-13-17-21-25-29-32-34-37-40-43-47-51-55-59-72(77)85-65-70(91-74(79)61-57-53-49-45-39-28-24-20-16-12-8-4)67-89-93(81,82)87-63-69(76)64-88-94(83,84)90-68-71(92-75(80)62-58-54-50-46-42-36-31-27-23-19-15-11-7-3)66-86-73(78)60-56-52-48-44-41-38-35-33-30-26-22-18-14-10-6-2/h9,13,15,19,21,25,27,31-32,34,40,43,69-71,76H,5-8,10-12,14,16-18,20,22-24,26,28-30,33,35-39,41-42,44-68H2,1-4H3,(H,81,82)(H,83,84)/b13-9-,19-15-,25-21-,31-27-,34-32-,43-40-. The highest BCUT2D eigenvalue weighted by molar-refractivity contribution is 7.47. The second kappa shape index (κ2) is 68.0. The van der Waals surface area contributed by atoms with E-state index in [2.05, 4.69) is 101 Å². The monoisotopic (exact) mass is 1370 g/mol. The molecule has 0 aromatic heterocycles. The van der Waals surface area contributed by atoms with Gasteiger partial charge >= 0.3 is 39.5 Å². The molecule has 0 heterocycles. The van der Waals surface area contributed by atoms with Gasteiger partial charge in [-0.15, -0.1) is 0 Å². The molecule has 5 atom stereocenters. The van der Waals surface area contributed by atoms with E-state index in [0.29, 0.717) is 25.7 Å². The highest BCUT2D eigenvalue weighted by atomic mass is 31.2. The number of unbranched alkanes of at least 4 members (excludes halogenated alkanes) is 32. The average Bonchev–Trinajstić information content (AvgIpc) is 1.35. The Morgan fingerprint density at radius 3 is 0.915 bits per heavy atom. The Morgan fingerprint density at radius 1 is 0.309 bits per heavy atom. The van der Waals surface area contributed by atoms with Crippen LogP contribution in [-0.4, -0.2) is 96.7 Å². The van der Waals surface area contributed by atoms with Gasteiger partial charge in [0.15, 0.2) is 12.2 Å². The number of ether oxygens (including phenoxy) is 4. The third-order valence-electron chi connectivity index (χ3n) is 15.7. The van der Waals surface area contributed by atoms with Crippen LogP contribution in [0, 0.1) is 0 Å². The summed E-state index contributed by atoms with van der Waals surface area (Å²) in [6, 6.07) is 0. The molecule has 0 amide bonds. The summed E-state index contributed by atoms with van der Waals surface area (Å²) in [7, 11) is -9.94. The van der Waals surface area contributed by atoms with Crippen LogP contribution < -0.4 is 0 Å². The van der Waals surface area contributed by atoms with Crippen molar-refractivity contribution in [1.29, 1.82) is 0 Å². The molecule has 0 bridgehead atoms. The molecule has 0 spiro atoms. The molecule has 0 saturated carbocycles. The van der Waals surface area contributed by atoms with Crippen molar-refractivity contribution < 1.29 is 80.2 Å². The molecule has 0 saturated heterocycles. The first-order valence-electron chi connectivity index (χ1n) is 37.2. The van der Waals surface area contributed by atoms with Crippen LogP contribution in [0.2, 0.25) is 0 Å². The van der Waals surface area contributed by atoms with Crippen LogP contribution in [-0.2, 0) is 65.4 Å². The number of hydrogen-bond donors (Lipinski definition) is 3. The van der Waals surface area contributed by atoms with Crippen molar-refractivity contribution in [2.75, 3.05) is 39.6 Å². The maximum Gasteiger partial charge on any atom is 0.472 e. The number of phosphoric acid groups is 2. The third kappa shape index (κ3) is 67.1. The summed E-state index contributed by atoms with van der Waals surface area (Å²) >= 11 is 0. The Kier molecular flexibility index (Phi) is 65.5. The zero-order valence-electron chi connectivity index (χ0n) is 59.4. The lowest BCUT2D eigenvalue weighted by atomic mass is 10.0. The molecule has 0 aromatic rings. The molecule has 19 heteroatoms. The predicted molar refractivity (Wildman–Crippen MR) is 381 cm³/mol. The number of carbonyl (C=O) groups is 4. The Hall–Kier alpha value is -3.50. The zero-order valence-corrected chi connectivity index (χ0v) is 61.2. The average molecular weight is 1370 g/mol. The van der Waals surface area contributed by atoms with Gasteiger partial charge < -0.3 is 33.8 Å². The molecule has 17 nitrogen and oxygen atoms in total. The zero-order chi connectivity index (χ0) is 69.0. The first kappa shape index (κ1) is 90.5. The van der Waals surface area contributed by atoms with Gasteiger partial charge in [-0.1, -0.05) is 280 Å². The molecular weight excluding hydrogens is 1230 g/mol. The van der Waals surface area contributed by atoms with Gasteiger partial charge in [0, 0.05) is 25.7 Å². The van der Waals surface area contributed by atoms with Gasteiger partial charge in [-0.2, -0.15) is 0 Å². The van der Waals surface area contributed by atoms with Gasteiger partial charge in [0.1, 0.15) is 19.3 Å². The minimum absolute atomic E-state index is 0.0822. The number of allylic oxidation sites excluding steroid dienone is 12. The van der Waals surface area contributed by atoms with Gasteiger partial charge in [-0.25, -0.2) is 9.13 Å². The Labute approximate surface area is 571 Å². The largest absolute Gasteiger partial charge is 0.472 e. The maximum absolute atomic E-state index is 13.0. The van der Waals surface area contributed by atoms with Gasteiger partial charge in [-0.05, 0) is 89.9 Å². The van der Waals surface area contributed by atoms with Crippen molar-refractivity contribution in [3.05, 3.63) is 72.9 Å². The van der Waals surface area contributed by atoms with E-state index < -0.39 is 97.5 Å². The van der Waals surface area contributed by atoms with E-state index in [1.54, 1.807) is 0 Å². The van der Waals surface area contributed by atoms with Crippen LogP contribution in [0.3, 0.4) is 0 Å². The van der Waals surface area contributed by atoms with Crippen LogP contribution in [0.15, 0.2) is 72.9 Å². The smallest absolute Gasteiger partial charge is 0.462 e. The van der Waals surface area contributed by atoms with Crippen molar-refractivity contribution >= 4 is 39.5 Å². The maximum atomic E-state index is 13.0. The predicted octanol–water partition coefficient (Wildman–Crippen LogP) is 20.9. The number of phosphoric ester groups is 2. The molecule has 5 unspecified atom stereocenters. The van der Waals surface area contributed by atoms with Crippen molar-refractivity contribution in [3.63, 3.8) is 0 Å². The van der Waals surface area contributed by atoms with Crippen LogP contribution >= 0.6 is 15.6 Å². The summed E-state index contributed by atoms with van der Waals surface area (Å²) in [6.45, 7) is 4.66. The van der Waals surface area contributed by atoms with Gasteiger partial charge in [0.25, 0.3) is 0 Å². The molecule has 546 valence electrons. The van der Waals surface area contributed by atoms with E-state index in [1.807, 2.05) is 0 Å². The Bertz CT molecular complexity index is 2070. The minimum Gasteiger partial charge on any atom is -0.462 e. The third-order valence-corrected chi connectivity index (χ3v) is 17.6. The van der Waals surface area contributed by atoms with Crippen molar-refractivity contribution in [1.82, 2.24) is 0 Å². The highest BCUT2D eigenvalue weighted by Crippen LogP contribution is 2.45. The van der Waals surface area contributed by atoms with Gasteiger partial charge in [0.2, 0.25) is 0 Å². The summed E-state index contributed by atoms with van der Waals surface area (Å²) in [5.41, 5.74) is 0. The SMILES string of the molecule is CC/C=C\C/C=C\C/C=C\C/C=C\CCCCC(=O)OCC(COP(=O)(O)OCC(O)COP(=O)(O)OCC(COC(=O)CCCCCCCCCCCCCCCCC)OC(=O)CCCCCCC/C=C\C/C=C\CCC)OC(=O)CCCCCCCCCCCCC. The summed E-state index contributed by atoms with van der Waals surface area (Å²) in [4.78, 5) is 72.7.